The number of hydrogen-bond donors (Lipinski definition) is 1. The third-order valence-electron chi connectivity index (χ3n) is 5.87. The molecule has 4 aromatic rings. The molecule has 6 nitrogen and oxygen atoms in total. The first-order chi connectivity index (χ1) is 17.4. The highest BCUT2D eigenvalue weighted by molar-refractivity contribution is 7.14. The number of nitrogens with zero attached hydrogens (tertiary/aromatic N) is 2. The van der Waals surface area contributed by atoms with Crippen LogP contribution < -0.4 is 9.64 Å². The van der Waals surface area contributed by atoms with Crippen LogP contribution in [0.3, 0.4) is 0 Å². The molecule has 1 aliphatic rings. The lowest BCUT2D eigenvalue weighted by molar-refractivity contribution is -0.132. The van der Waals surface area contributed by atoms with Crippen LogP contribution in [0, 0.1) is 12.7 Å². The zero-order valence-electron chi connectivity index (χ0n) is 19.2. The van der Waals surface area contributed by atoms with Crippen molar-refractivity contribution in [3.63, 3.8) is 0 Å². The van der Waals surface area contributed by atoms with E-state index in [4.69, 9.17) is 4.74 Å². The van der Waals surface area contributed by atoms with Gasteiger partial charge in [-0.2, -0.15) is 0 Å². The molecule has 0 radical (unpaired) electrons. The lowest BCUT2D eigenvalue weighted by Gasteiger charge is -2.23. The fraction of sp³-hybridized carbons (Fsp3) is 0.107. The van der Waals surface area contributed by atoms with Crippen molar-refractivity contribution in [2.24, 2.45) is 0 Å². The molecule has 1 aliphatic heterocycles. The molecule has 0 unspecified atom stereocenters. The van der Waals surface area contributed by atoms with Crippen molar-refractivity contribution in [3.05, 3.63) is 118 Å². The third-order valence-corrected chi connectivity index (χ3v) is 6.64. The van der Waals surface area contributed by atoms with E-state index in [-0.39, 0.29) is 11.3 Å². The Hall–Kier alpha value is -4.30. The first-order valence-corrected chi connectivity index (χ1v) is 12.0. The van der Waals surface area contributed by atoms with E-state index in [0.717, 1.165) is 11.1 Å². The number of rotatable bonds is 6. The Bertz CT molecular complexity index is 1450. The number of Topliss-reactive ketones (excluding diaryl/α,β-unsaturated/α-hetero) is 1. The van der Waals surface area contributed by atoms with Crippen LogP contribution in [0.1, 0.15) is 28.3 Å². The van der Waals surface area contributed by atoms with Crippen LogP contribution in [-0.2, 0) is 16.2 Å². The van der Waals surface area contributed by atoms with Crippen LogP contribution >= 0.6 is 11.3 Å². The molecular weight excluding hydrogens is 479 g/mol. The van der Waals surface area contributed by atoms with Crippen molar-refractivity contribution >= 4 is 33.9 Å². The highest BCUT2D eigenvalue weighted by Crippen LogP contribution is 2.42. The summed E-state index contributed by atoms with van der Waals surface area (Å²) in [4.78, 5) is 31.5. The quantitative estimate of drug-likeness (QED) is 0.206. The van der Waals surface area contributed by atoms with Crippen LogP contribution in [0.4, 0.5) is 9.52 Å². The van der Waals surface area contributed by atoms with Crippen LogP contribution in [0.15, 0.2) is 89.9 Å². The van der Waals surface area contributed by atoms with Gasteiger partial charge in [0.1, 0.15) is 23.9 Å². The molecule has 0 bridgehead atoms. The highest BCUT2D eigenvalue weighted by atomic mass is 32.1. The van der Waals surface area contributed by atoms with Gasteiger partial charge in [0.2, 0.25) is 0 Å². The van der Waals surface area contributed by atoms with Gasteiger partial charge >= 0.3 is 5.91 Å². The number of anilines is 1. The Balaban J connectivity index is 1.48. The Labute approximate surface area is 210 Å². The van der Waals surface area contributed by atoms with Gasteiger partial charge in [0.15, 0.2) is 5.13 Å². The fourth-order valence-corrected chi connectivity index (χ4v) is 4.83. The van der Waals surface area contributed by atoms with Crippen LogP contribution in [-0.4, -0.2) is 21.8 Å². The Morgan fingerprint density at radius 1 is 1.08 bits per heavy atom. The van der Waals surface area contributed by atoms with Crippen molar-refractivity contribution in [1.29, 1.82) is 0 Å². The first kappa shape index (κ1) is 23.4. The normalized spacial score (nSPS) is 16.9. The van der Waals surface area contributed by atoms with Gasteiger partial charge in [-0.3, -0.25) is 14.5 Å². The van der Waals surface area contributed by atoms with E-state index in [1.165, 1.54) is 46.7 Å². The molecule has 1 N–H and O–H groups in total. The zero-order valence-corrected chi connectivity index (χ0v) is 20.0. The molecule has 1 aromatic heterocycles. The van der Waals surface area contributed by atoms with Gasteiger partial charge in [-0.05, 0) is 54.4 Å². The number of amides is 1. The molecule has 180 valence electrons. The number of hydrogen-bond acceptors (Lipinski definition) is 6. The Morgan fingerprint density at radius 2 is 1.83 bits per heavy atom. The first-order valence-electron chi connectivity index (χ1n) is 11.2. The maximum atomic E-state index is 13.6. The van der Waals surface area contributed by atoms with Gasteiger partial charge < -0.3 is 9.84 Å². The lowest BCUT2D eigenvalue weighted by Crippen LogP contribution is -2.29. The number of ether oxygens (including phenoxy) is 1. The van der Waals surface area contributed by atoms with Crippen molar-refractivity contribution in [3.8, 4) is 5.75 Å². The zero-order chi connectivity index (χ0) is 25.2. The number of aliphatic hydroxyl groups is 1. The number of aromatic nitrogens is 1. The standard InChI is InChI=1S/C28H21FN2O4S/c1-17-3-2-4-18(15-17)16-35-22-11-7-20(8-12-22)25(32)23-24(19-5-9-21(29)10-6-19)31(27(34)26(23)33)28-30-13-14-36-28/h2-15,24,32H,16H2,1H3/t24-/m0/s1. The maximum Gasteiger partial charge on any atom is 0.301 e. The summed E-state index contributed by atoms with van der Waals surface area (Å²) in [5.74, 6) is -1.83. The molecule has 1 fully saturated rings. The number of thiazole rings is 1. The molecule has 1 atom stereocenters. The van der Waals surface area contributed by atoms with Gasteiger partial charge in [-0.15, -0.1) is 11.3 Å². The van der Waals surface area contributed by atoms with Crippen molar-refractivity contribution in [2.75, 3.05) is 4.90 Å². The summed E-state index contributed by atoms with van der Waals surface area (Å²) in [5, 5.41) is 13.2. The lowest BCUT2D eigenvalue weighted by atomic mass is 9.95. The van der Waals surface area contributed by atoms with Gasteiger partial charge in [-0.25, -0.2) is 9.37 Å². The summed E-state index contributed by atoms with van der Waals surface area (Å²) in [6, 6.07) is 19.1. The number of aliphatic hydroxyl groups excluding tert-OH is 1. The van der Waals surface area contributed by atoms with E-state index in [0.29, 0.717) is 28.6 Å². The summed E-state index contributed by atoms with van der Waals surface area (Å²) in [7, 11) is 0. The van der Waals surface area contributed by atoms with Crippen molar-refractivity contribution < 1.29 is 23.8 Å². The molecule has 0 aliphatic carbocycles. The van der Waals surface area contributed by atoms with E-state index in [2.05, 4.69) is 4.98 Å². The summed E-state index contributed by atoms with van der Waals surface area (Å²) in [5.41, 5.74) is 2.91. The third kappa shape index (κ3) is 4.50. The molecule has 1 saturated heterocycles. The molecule has 0 spiro atoms. The predicted molar refractivity (Wildman–Crippen MR) is 135 cm³/mol. The van der Waals surface area contributed by atoms with E-state index in [1.54, 1.807) is 29.6 Å². The minimum atomic E-state index is -0.950. The number of halogens is 1. The van der Waals surface area contributed by atoms with Crippen LogP contribution in [0.5, 0.6) is 5.75 Å². The molecule has 2 heterocycles. The van der Waals surface area contributed by atoms with Gasteiger partial charge in [0, 0.05) is 17.1 Å². The second-order valence-corrected chi connectivity index (χ2v) is 9.21. The van der Waals surface area contributed by atoms with Crippen molar-refractivity contribution in [2.45, 2.75) is 19.6 Å². The topological polar surface area (TPSA) is 79.7 Å². The van der Waals surface area contributed by atoms with E-state index < -0.39 is 23.5 Å². The number of carbonyl (C=O) groups excluding carboxylic acids is 2. The summed E-state index contributed by atoms with van der Waals surface area (Å²) in [6.45, 7) is 2.40. The fourth-order valence-electron chi connectivity index (χ4n) is 4.16. The van der Waals surface area contributed by atoms with E-state index >= 15 is 0 Å². The van der Waals surface area contributed by atoms with Crippen LogP contribution in [0.2, 0.25) is 0 Å². The van der Waals surface area contributed by atoms with Crippen molar-refractivity contribution in [1.82, 2.24) is 4.98 Å². The smallest absolute Gasteiger partial charge is 0.301 e. The summed E-state index contributed by atoms with van der Waals surface area (Å²) < 4.78 is 19.5. The SMILES string of the molecule is Cc1cccc(COc2ccc(C(O)=C3C(=O)C(=O)N(c4nccs4)[C@H]3c3ccc(F)cc3)cc2)c1. The molecule has 0 saturated carbocycles. The monoisotopic (exact) mass is 500 g/mol. The molecule has 5 rings (SSSR count). The highest BCUT2D eigenvalue weighted by Gasteiger charge is 2.47. The molecule has 36 heavy (non-hydrogen) atoms. The van der Waals surface area contributed by atoms with Gasteiger partial charge in [0.05, 0.1) is 11.6 Å². The number of carbonyl (C=O) groups is 2. The maximum absolute atomic E-state index is 13.6. The summed E-state index contributed by atoms with van der Waals surface area (Å²) in [6.07, 6.45) is 1.52. The Morgan fingerprint density at radius 3 is 2.50 bits per heavy atom. The summed E-state index contributed by atoms with van der Waals surface area (Å²) >= 11 is 1.19. The van der Waals surface area contributed by atoms with Crippen LogP contribution in [0.25, 0.3) is 5.76 Å². The minimum Gasteiger partial charge on any atom is -0.507 e. The second-order valence-electron chi connectivity index (χ2n) is 8.34. The largest absolute Gasteiger partial charge is 0.507 e. The predicted octanol–water partition coefficient (Wildman–Crippen LogP) is 5.80. The molecule has 1 amide bonds. The van der Waals surface area contributed by atoms with Gasteiger partial charge in [-0.1, -0.05) is 42.0 Å². The minimum absolute atomic E-state index is 0.0877. The number of aryl methyl sites for hydroxylation is 1. The van der Waals surface area contributed by atoms with E-state index in [9.17, 15) is 19.1 Å². The molecule has 3 aromatic carbocycles. The average molecular weight is 501 g/mol. The second kappa shape index (κ2) is 9.75. The van der Waals surface area contributed by atoms with E-state index in [1.807, 2.05) is 31.2 Å². The average Bonchev–Trinajstić information content (AvgIpc) is 3.50. The van der Waals surface area contributed by atoms with Gasteiger partial charge in [0.25, 0.3) is 5.78 Å². The molecule has 8 heteroatoms. The molecular formula is C28H21FN2O4S. The Kier molecular flexibility index (Phi) is 6.35. The number of ketones is 1. The number of benzene rings is 3.